The molecule has 2 aromatic rings. The Morgan fingerprint density at radius 3 is 3.00 bits per heavy atom. The monoisotopic (exact) mass is 258 g/mol. The van der Waals surface area contributed by atoms with Gasteiger partial charge in [0.05, 0.1) is 0 Å². The van der Waals surface area contributed by atoms with Crippen LogP contribution < -0.4 is 5.32 Å². The largest absolute Gasteiger partial charge is 0.350 e. The molecule has 4 nitrogen and oxygen atoms in total. The normalized spacial score (nSPS) is 22.6. The molecule has 1 N–H and O–H groups in total. The van der Waals surface area contributed by atoms with E-state index in [1.807, 2.05) is 10.7 Å². The molecule has 1 saturated carbocycles. The molecule has 1 fully saturated rings. The van der Waals surface area contributed by atoms with Crippen molar-refractivity contribution in [3.63, 3.8) is 0 Å². The number of hydrogen-bond donors (Lipinski definition) is 1. The molecule has 1 aliphatic carbocycles. The fourth-order valence-corrected chi connectivity index (χ4v) is 2.96. The highest BCUT2D eigenvalue weighted by atomic mass is 15.3. The molecule has 1 atom stereocenters. The second-order valence-electron chi connectivity index (χ2n) is 6.37. The van der Waals surface area contributed by atoms with Crippen molar-refractivity contribution in [2.45, 2.75) is 52.5 Å². The maximum absolute atomic E-state index is 4.57. The van der Waals surface area contributed by atoms with Gasteiger partial charge in [0, 0.05) is 12.2 Å². The molecule has 19 heavy (non-hydrogen) atoms. The molecule has 0 amide bonds. The van der Waals surface area contributed by atoms with E-state index in [2.05, 4.69) is 48.3 Å². The zero-order chi connectivity index (χ0) is 13.5. The summed E-state index contributed by atoms with van der Waals surface area (Å²) in [5.41, 5.74) is 2.45. The van der Waals surface area contributed by atoms with Gasteiger partial charge < -0.3 is 5.32 Å². The molecular weight excluding hydrogens is 236 g/mol. The van der Waals surface area contributed by atoms with Gasteiger partial charge in [-0.2, -0.15) is 4.98 Å². The number of anilines is 1. The van der Waals surface area contributed by atoms with Crippen LogP contribution in [-0.4, -0.2) is 20.6 Å². The lowest BCUT2D eigenvalue weighted by Gasteiger charge is -2.38. The van der Waals surface area contributed by atoms with E-state index >= 15 is 0 Å². The average Bonchev–Trinajstić information content (AvgIpc) is 2.73. The van der Waals surface area contributed by atoms with E-state index in [4.69, 9.17) is 0 Å². The van der Waals surface area contributed by atoms with Crippen LogP contribution in [0.5, 0.6) is 0 Å². The van der Waals surface area contributed by atoms with E-state index in [1.54, 1.807) is 0 Å². The van der Waals surface area contributed by atoms with Crippen LogP contribution in [0.15, 0.2) is 18.3 Å². The smallest absolute Gasteiger partial charge is 0.243 e. The molecule has 0 saturated heterocycles. The van der Waals surface area contributed by atoms with Gasteiger partial charge in [0.15, 0.2) is 5.65 Å². The maximum atomic E-state index is 4.57. The minimum absolute atomic E-state index is 0.325. The van der Waals surface area contributed by atoms with Crippen molar-refractivity contribution >= 4 is 11.6 Å². The van der Waals surface area contributed by atoms with Gasteiger partial charge in [0.1, 0.15) is 0 Å². The van der Waals surface area contributed by atoms with E-state index in [9.17, 15) is 0 Å². The van der Waals surface area contributed by atoms with Crippen molar-refractivity contribution in [1.82, 2.24) is 14.6 Å². The minimum Gasteiger partial charge on any atom is -0.350 e. The van der Waals surface area contributed by atoms with Crippen LogP contribution in [-0.2, 0) is 0 Å². The Hall–Kier alpha value is -1.58. The number of nitrogens with one attached hydrogen (secondary N) is 1. The summed E-state index contributed by atoms with van der Waals surface area (Å²) in [5, 5.41) is 8.04. The van der Waals surface area contributed by atoms with Crippen LogP contribution in [0.3, 0.4) is 0 Å². The standard InChI is InChI=1S/C15H22N4/c1-11-7-9-19-13(10-11)17-14(18-19)16-12-6-4-5-8-15(12,2)3/h7,9-10,12H,4-6,8H2,1-3H3,(H,16,18). The summed E-state index contributed by atoms with van der Waals surface area (Å²) >= 11 is 0. The van der Waals surface area contributed by atoms with Gasteiger partial charge in [-0.25, -0.2) is 4.52 Å². The molecule has 0 aromatic carbocycles. The SMILES string of the molecule is Cc1ccn2nc(NC3CCCCC3(C)C)nc2c1. The lowest BCUT2D eigenvalue weighted by Crippen LogP contribution is -2.39. The molecule has 1 unspecified atom stereocenters. The molecule has 0 aliphatic heterocycles. The molecule has 0 bridgehead atoms. The van der Waals surface area contributed by atoms with Crippen molar-refractivity contribution in [2.75, 3.05) is 5.32 Å². The van der Waals surface area contributed by atoms with E-state index < -0.39 is 0 Å². The van der Waals surface area contributed by atoms with Crippen molar-refractivity contribution in [3.8, 4) is 0 Å². The summed E-state index contributed by atoms with van der Waals surface area (Å²) in [6, 6.07) is 4.58. The fourth-order valence-electron chi connectivity index (χ4n) is 2.96. The third kappa shape index (κ3) is 2.44. The van der Waals surface area contributed by atoms with Crippen LogP contribution in [0.2, 0.25) is 0 Å². The molecule has 1 aliphatic rings. The Kier molecular flexibility index (Phi) is 2.96. The first-order valence-electron chi connectivity index (χ1n) is 7.14. The number of aromatic nitrogens is 3. The first kappa shape index (κ1) is 12.5. The molecule has 2 heterocycles. The van der Waals surface area contributed by atoms with Crippen LogP contribution in [0, 0.1) is 12.3 Å². The van der Waals surface area contributed by atoms with Crippen molar-refractivity contribution < 1.29 is 0 Å². The molecule has 3 rings (SSSR count). The second-order valence-corrected chi connectivity index (χ2v) is 6.37. The highest BCUT2D eigenvalue weighted by Crippen LogP contribution is 2.36. The maximum Gasteiger partial charge on any atom is 0.243 e. The van der Waals surface area contributed by atoms with Gasteiger partial charge in [-0.3, -0.25) is 0 Å². The zero-order valence-electron chi connectivity index (χ0n) is 12.0. The van der Waals surface area contributed by atoms with Crippen LogP contribution in [0.25, 0.3) is 5.65 Å². The highest BCUT2D eigenvalue weighted by Gasteiger charge is 2.32. The number of rotatable bonds is 2. The Morgan fingerprint density at radius 1 is 1.37 bits per heavy atom. The van der Waals surface area contributed by atoms with Crippen LogP contribution in [0.1, 0.15) is 45.1 Å². The lowest BCUT2D eigenvalue weighted by atomic mass is 9.73. The molecule has 2 aromatic heterocycles. The Labute approximate surface area is 114 Å². The number of pyridine rings is 1. The van der Waals surface area contributed by atoms with Gasteiger partial charge in [0.2, 0.25) is 5.95 Å². The van der Waals surface area contributed by atoms with Crippen molar-refractivity contribution in [1.29, 1.82) is 0 Å². The zero-order valence-corrected chi connectivity index (χ0v) is 12.0. The van der Waals surface area contributed by atoms with Crippen molar-refractivity contribution in [2.24, 2.45) is 5.41 Å². The van der Waals surface area contributed by atoms with E-state index in [1.165, 1.54) is 31.2 Å². The van der Waals surface area contributed by atoms with E-state index in [0.717, 1.165) is 11.6 Å². The number of fused-ring (bicyclic) bond motifs is 1. The highest BCUT2D eigenvalue weighted by molar-refractivity contribution is 5.45. The Bertz CT molecular complexity index is 585. The fraction of sp³-hybridized carbons (Fsp3) is 0.600. The van der Waals surface area contributed by atoms with E-state index in [0.29, 0.717) is 11.5 Å². The van der Waals surface area contributed by atoms with Gasteiger partial charge in [0.25, 0.3) is 0 Å². The summed E-state index contributed by atoms with van der Waals surface area (Å²) in [5.74, 6) is 0.755. The summed E-state index contributed by atoms with van der Waals surface area (Å²) in [6.45, 7) is 6.75. The quantitative estimate of drug-likeness (QED) is 0.897. The summed E-state index contributed by atoms with van der Waals surface area (Å²) in [7, 11) is 0. The first-order chi connectivity index (χ1) is 9.04. The van der Waals surface area contributed by atoms with Crippen LogP contribution >= 0.6 is 0 Å². The van der Waals surface area contributed by atoms with E-state index in [-0.39, 0.29) is 0 Å². The van der Waals surface area contributed by atoms with Gasteiger partial charge in [-0.1, -0.05) is 26.7 Å². The predicted octanol–water partition coefficient (Wildman–Crippen LogP) is 3.42. The number of nitrogens with zero attached hydrogens (tertiary/aromatic N) is 3. The summed E-state index contributed by atoms with van der Waals surface area (Å²) in [6.07, 6.45) is 7.09. The summed E-state index contributed by atoms with van der Waals surface area (Å²) < 4.78 is 1.84. The average molecular weight is 258 g/mol. The van der Waals surface area contributed by atoms with Gasteiger partial charge in [-0.15, -0.1) is 5.10 Å². The third-order valence-electron chi connectivity index (χ3n) is 4.30. The number of hydrogen-bond acceptors (Lipinski definition) is 3. The van der Waals surface area contributed by atoms with Crippen LogP contribution in [0.4, 0.5) is 5.95 Å². The Balaban J connectivity index is 1.84. The van der Waals surface area contributed by atoms with Crippen molar-refractivity contribution in [3.05, 3.63) is 23.9 Å². The lowest BCUT2D eigenvalue weighted by molar-refractivity contribution is 0.216. The summed E-state index contributed by atoms with van der Waals surface area (Å²) in [4.78, 5) is 4.57. The molecule has 0 radical (unpaired) electrons. The molecular formula is C15H22N4. The molecule has 4 heteroatoms. The van der Waals surface area contributed by atoms with Gasteiger partial charge >= 0.3 is 0 Å². The second kappa shape index (κ2) is 4.51. The predicted molar refractivity (Wildman–Crippen MR) is 77.4 cm³/mol. The Morgan fingerprint density at radius 2 is 2.21 bits per heavy atom. The minimum atomic E-state index is 0.325. The topological polar surface area (TPSA) is 42.2 Å². The first-order valence-corrected chi connectivity index (χ1v) is 7.14. The number of aryl methyl sites for hydroxylation is 1. The third-order valence-corrected chi connectivity index (χ3v) is 4.30. The van der Waals surface area contributed by atoms with Gasteiger partial charge in [-0.05, 0) is 42.9 Å². The molecule has 0 spiro atoms. The molecule has 102 valence electrons.